The molecule has 0 atom stereocenters. The van der Waals surface area contributed by atoms with Crippen molar-refractivity contribution < 1.29 is 17.7 Å². The highest BCUT2D eigenvalue weighted by molar-refractivity contribution is 7.92. The van der Waals surface area contributed by atoms with Gasteiger partial charge in [0.25, 0.3) is 5.69 Å². The van der Waals surface area contributed by atoms with Gasteiger partial charge in [-0.05, 0) is 17.7 Å². The minimum atomic E-state index is -3.60. The Morgan fingerprint density at radius 1 is 1.04 bits per heavy atom. The lowest BCUT2D eigenvalue weighted by molar-refractivity contribution is -0.384. The van der Waals surface area contributed by atoms with Gasteiger partial charge in [0.2, 0.25) is 10.0 Å². The maximum atomic E-state index is 13.5. The summed E-state index contributed by atoms with van der Waals surface area (Å²) in [5.41, 5.74) is 0.739. The summed E-state index contributed by atoms with van der Waals surface area (Å²) in [7, 11) is -3.60. The normalized spacial score (nSPS) is 16.0. The van der Waals surface area contributed by atoms with Crippen molar-refractivity contribution in [1.82, 2.24) is 4.31 Å². The van der Waals surface area contributed by atoms with Gasteiger partial charge in [-0.3, -0.25) is 10.1 Å². The van der Waals surface area contributed by atoms with Crippen molar-refractivity contribution in [2.45, 2.75) is 0 Å². The van der Waals surface area contributed by atoms with Gasteiger partial charge >= 0.3 is 0 Å². The van der Waals surface area contributed by atoms with E-state index in [9.17, 15) is 22.9 Å². The van der Waals surface area contributed by atoms with Crippen LogP contribution in [0.25, 0.3) is 6.08 Å². The number of nitro groups is 1. The zero-order valence-corrected chi connectivity index (χ0v) is 15.2. The molecular weight excluding hydrogens is 373 g/mol. The number of piperazine rings is 1. The molecule has 7 nitrogen and oxygen atoms in total. The number of halogens is 1. The molecular formula is C18H18FN3O4S. The minimum Gasteiger partial charge on any atom is -0.363 e. The average Bonchev–Trinajstić information content (AvgIpc) is 2.67. The molecule has 0 unspecified atom stereocenters. The molecule has 9 heteroatoms. The van der Waals surface area contributed by atoms with Gasteiger partial charge in [0, 0.05) is 43.7 Å². The van der Waals surface area contributed by atoms with E-state index in [0.717, 1.165) is 29.2 Å². The molecule has 0 aromatic heterocycles. The number of hydrogen-bond donors (Lipinski definition) is 0. The molecule has 0 N–H and O–H groups in total. The first-order valence-corrected chi connectivity index (χ1v) is 9.79. The molecule has 3 rings (SSSR count). The van der Waals surface area contributed by atoms with Crippen LogP contribution in [-0.2, 0) is 10.0 Å². The molecule has 142 valence electrons. The smallest absolute Gasteiger partial charge is 0.292 e. The molecule has 2 aromatic rings. The van der Waals surface area contributed by atoms with Crippen LogP contribution in [0.5, 0.6) is 0 Å². The van der Waals surface area contributed by atoms with Gasteiger partial charge in [0.05, 0.1) is 4.92 Å². The quantitative estimate of drug-likeness (QED) is 0.578. The Hall–Kier alpha value is -2.78. The maximum Gasteiger partial charge on any atom is 0.292 e. The van der Waals surface area contributed by atoms with Crippen LogP contribution in [0.2, 0.25) is 0 Å². The lowest BCUT2D eigenvalue weighted by Gasteiger charge is -2.34. The molecule has 1 fully saturated rings. The summed E-state index contributed by atoms with van der Waals surface area (Å²) in [4.78, 5) is 12.2. The summed E-state index contributed by atoms with van der Waals surface area (Å²) >= 11 is 0. The first kappa shape index (κ1) is 19.0. The fourth-order valence-corrected chi connectivity index (χ4v) is 4.08. The Morgan fingerprint density at radius 2 is 1.70 bits per heavy atom. The first-order chi connectivity index (χ1) is 12.9. The SMILES string of the molecule is O=[N+]([O-])c1ccc(F)cc1N1CCN(S(=O)(=O)/C=C/c2ccccc2)CC1. The number of nitrogens with zero attached hydrogens (tertiary/aromatic N) is 3. The van der Waals surface area contributed by atoms with Crippen molar-refractivity contribution >= 4 is 27.5 Å². The van der Waals surface area contributed by atoms with Gasteiger partial charge in [0.15, 0.2) is 0 Å². The molecule has 0 aliphatic carbocycles. The average molecular weight is 391 g/mol. The van der Waals surface area contributed by atoms with Crippen LogP contribution in [0.1, 0.15) is 5.56 Å². The fraction of sp³-hybridized carbons (Fsp3) is 0.222. The molecule has 0 radical (unpaired) electrons. The summed E-state index contributed by atoms with van der Waals surface area (Å²) in [6.07, 6.45) is 1.53. The van der Waals surface area contributed by atoms with E-state index in [1.165, 1.54) is 10.4 Å². The summed E-state index contributed by atoms with van der Waals surface area (Å²) in [6, 6.07) is 12.3. The molecule has 0 saturated carbocycles. The van der Waals surface area contributed by atoms with Crippen molar-refractivity contribution in [3.63, 3.8) is 0 Å². The molecule has 0 bridgehead atoms. The van der Waals surface area contributed by atoms with Crippen LogP contribution in [0, 0.1) is 15.9 Å². The van der Waals surface area contributed by atoms with E-state index in [-0.39, 0.29) is 37.6 Å². The van der Waals surface area contributed by atoms with Crippen molar-refractivity contribution in [2.75, 3.05) is 31.1 Å². The lowest BCUT2D eigenvalue weighted by atomic mass is 10.2. The molecule has 1 aliphatic heterocycles. The van der Waals surface area contributed by atoms with Crippen LogP contribution in [0.4, 0.5) is 15.8 Å². The monoisotopic (exact) mass is 391 g/mol. The van der Waals surface area contributed by atoms with E-state index in [2.05, 4.69) is 0 Å². The van der Waals surface area contributed by atoms with E-state index in [1.54, 1.807) is 17.0 Å². The van der Waals surface area contributed by atoms with Crippen LogP contribution >= 0.6 is 0 Å². The van der Waals surface area contributed by atoms with Crippen LogP contribution < -0.4 is 4.90 Å². The van der Waals surface area contributed by atoms with E-state index in [4.69, 9.17) is 0 Å². The number of sulfonamides is 1. The van der Waals surface area contributed by atoms with Crippen LogP contribution in [0.3, 0.4) is 0 Å². The number of benzene rings is 2. The summed E-state index contributed by atoms with van der Waals surface area (Å²) < 4.78 is 39.8. The van der Waals surface area contributed by atoms with Crippen molar-refractivity contribution in [2.24, 2.45) is 0 Å². The van der Waals surface area contributed by atoms with Crippen LogP contribution in [-0.4, -0.2) is 43.8 Å². The fourth-order valence-electron chi connectivity index (χ4n) is 2.90. The predicted octanol–water partition coefficient (Wildman–Crippen LogP) is 2.86. The molecule has 1 heterocycles. The zero-order valence-electron chi connectivity index (χ0n) is 14.4. The second kappa shape index (κ2) is 7.85. The second-order valence-corrected chi connectivity index (χ2v) is 7.85. The molecule has 0 amide bonds. The van der Waals surface area contributed by atoms with Gasteiger partial charge in [-0.2, -0.15) is 4.31 Å². The van der Waals surface area contributed by atoms with Gasteiger partial charge < -0.3 is 4.90 Å². The Balaban J connectivity index is 1.71. The summed E-state index contributed by atoms with van der Waals surface area (Å²) in [5.74, 6) is -0.573. The topological polar surface area (TPSA) is 83.8 Å². The third-order valence-corrected chi connectivity index (χ3v) is 5.87. The largest absolute Gasteiger partial charge is 0.363 e. The van der Waals surface area contributed by atoms with Gasteiger partial charge in [0.1, 0.15) is 11.5 Å². The second-order valence-electron chi connectivity index (χ2n) is 6.03. The molecule has 1 saturated heterocycles. The van der Waals surface area contributed by atoms with E-state index >= 15 is 0 Å². The Kier molecular flexibility index (Phi) is 5.52. The highest BCUT2D eigenvalue weighted by atomic mass is 32.2. The Labute approximate surface area is 156 Å². The Morgan fingerprint density at radius 3 is 2.33 bits per heavy atom. The highest BCUT2D eigenvalue weighted by Gasteiger charge is 2.28. The summed E-state index contributed by atoms with van der Waals surface area (Å²) in [6.45, 7) is 0.801. The predicted molar refractivity (Wildman–Crippen MR) is 101 cm³/mol. The van der Waals surface area contributed by atoms with Gasteiger partial charge in [-0.25, -0.2) is 12.8 Å². The third kappa shape index (κ3) is 4.50. The summed E-state index contributed by atoms with van der Waals surface area (Å²) in [5, 5.41) is 12.3. The van der Waals surface area contributed by atoms with Crippen LogP contribution in [0.15, 0.2) is 53.9 Å². The maximum absolute atomic E-state index is 13.5. The number of rotatable bonds is 5. The standard InChI is InChI=1S/C18H18FN3O4S/c19-16-6-7-17(22(23)24)18(14-16)20-9-11-21(12-10-20)27(25,26)13-8-15-4-2-1-3-5-15/h1-8,13-14H,9-12H2/b13-8+. The van der Waals surface area contributed by atoms with Crippen molar-refractivity contribution in [3.8, 4) is 0 Å². The van der Waals surface area contributed by atoms with Crippen molar-refractivity contribution in [3.05, 3.63) is 75.4 Å². The van der Waals surface area contributed by atoms with Gasteiger partial charge in [-0.1, -0.05) is 30.3 Å². The molecule has 27 heavy (non-hydrogen) atoms. The zero-order chi connectivity index (χ0) is 19.4. The molecule has 2 aromatic carbocycles. The number of anilines is 1. The highest BCUT2D eigenvalue weighted by Crippen LogP contribution is 2.30. The molecule has 0 spiro atoms. The van der Waals surface area contributed by atoms with E-state index < -0.39 is 20.8 Å². The first-order valence-electron chi connectivity index (χ1n) is 8.29. The number of hydrogen-bond acceptors (Lipinski definition) is 5. The minimum absolute atomic E-state index is 0.162. The van der Waals surface area contributed by atoms with Crippen molar-refractivity contribution in [1.29, 1.82) is 0 Å². The van der Waals surface area contributed by atoms with E-state index in [0.29, 0.717) is 0 Å². The molecule has 1 aliphatic rings. The lowest BCUT2D eigenvalue weighted by Crippen LogP contribution is -2.48. The Bertz CT molecular complexity index is 956. The van der Waals surface area contributed by atoms with Gasteiger partial charge in [-0.15, -0.1) is 0 Å². The van der Waals surface area contributed by atoms with E-state index in [1.807, 2.05) is 18.2 Å². The third-order valence-electron chi connectivity index (χ3n) is 4.31. The number of nitro benzene ring substituents is 1.